The van der Waals surface area contributed by atoms with Gasteiger partial charge < -0.3 is 10.6 Å². The summed E-state index contributed by atoms with van der Waals surface area (Å²) < 4.78 is 0. The molecule has 0 aromatic carbocycles. The summed E-state index contributed by atoms with van der Waals surface area (Å²) in [6, 6.07) is -0.426. The van der Waals surface area contributed by atoms with Gasteiger partial charge in [0.1, 0.15) is 0 Å². The number of hydrogen-bond acceptors (Lipinski definition) is 3. The molecule has 0 aliphatic carbocycles. The van der Waals surface area contributed by atoms with E-state index in [0.29, 0.717) is 13.1 Å². The van der Waals surface area contributed by atoms with Crippen molar-refractivity contribution >= 4 is 11.9 Å². The second-order valence-electron chi connectivity index (χ2n) is 2.81. The Labute approximate surface area is 69.2 Å². The maximum atomic E-state index is 11.2. The summed E-state index contributed by atoms with van der Waals surface area (Å²) in [5.41, 5.74) is 0.725. The molecule has 5 nitrogen and oxygen atoms in total. The minimum absolute atomic E-state index is 0.225. The molecule has 64 valence electrons. The lowest BCUT2D eigenvalue weighted by molar-refractivity contribution is -0.123. The minimum Gasteiger partial charge on any atom is -0.312 e. The van der Waals surface area contributed by atoms with Gasteiger partial charge in [-0.1, -0.05) is 6.08 Å². The van der Waals surface area contributed by atoms with Crippen LogP contribution in [0.2, 0.25) is 0 Å². The molecule has 2 aliphatic rings. The molecule has 0 saturated carbocycles. The Bertz CT molecular complexity index is 272. The van der Waals surface area contributed by atoms with Crippen molar-refractivity contribution in [3.05, 3.63) is 11.8 Å². The summed E-state index contributed by atoms with van der Waals surface area (Å²) in [5, 5.41) is 7.85. The Balaban J connectivity index is 2.25. The van der Waals surface area contributed by atoms with Crippen LogP contribution >= 0.6 is 0 Å². The molecule has 5 heteroatoms. The maximum absolute atomic E-state index is 11.2. The number of imide groups is 1. The maximum Gasteiger partial charge on any atom is 0.325 e. The fourth-order valence-corrected chi connectivity index (χ4v) is 1.40. The number of carbonyl (C=O) groups is 2. The number of rotatable bonds is 0. The SMILES string of the molecule is O=C1NC(=O)[C@H]2CNCC=C2N1. The molecule has 3 N–H and O–H groups in total. The van der Waals surface area contributed by atoms with Crippen molar-refractivity contribution in [3.63, 3.8) is 0 Å². The fourth-order valence-electron chi connectivity index (χ4n) is 1.40. The van der Waals surface area contributed by atoms with Gasteiger partial charge in [-0.2, -0.15) is 0 Å². The van der Waals surface area contributed by atoms with Crippen LogP contribution in [0.4, 0.5) is 4.79 Å². The zero-order valence-corrected chi connectivity index (χ0v) is 6.39. The van der Waals surface area contributed by atoms with Gasteiger partial charge in [-0.05, 0) is 0 Å². The van der Waals surface area contributed by atoms with Crippen molar-refractivity contribution in [1.29, 1.82) is 0 Å². The first kappa shape index (κ1) is 7.30. The number of fused-ring (bicyclic) bond motifs is 1. The predicted molar refractivity (Wildman–Crippen MR) is 41.1 cm³/mol. The molecule has 0 unspecified atom stereocenters. The first-order valence-electron chi connectivity index (χ1n) is 3.80. The first-order chi connectivity index (χ1) is 5.77. The highest BCUT2D eigenvalue weighted by Gasteiger charge is 2.31. The molecule has 0 aromatic rings. The molecule has 1 saturated heterocycles. The average molecular weight is 167 g/mol. The third-order valence-electron chi connectivity index (χ3n) is 2.00. The van der Waals surface area contributed by atoms with Gasteiger partial charge in [0.25, 0.3) is 0 Å². The summed E-state index contributed by atoms with van der Waals surface area (Å²) in [5.74, 6) is -0.450. The van der Waals surface area contributed by atoms with Crippen molar-refractivity contribution in [2.75, 3.05) is 13.1 Å². The monoisotopic (exact) mass is 167 g/mol. The molecule has 2 rings (SSSR count). The van der Waals surface area contributed by atoms with Gasteiger partial charge in [-0.15, -0.1) is 0 Å². The van der Waals surface area contributed by atoms with Crippen LogP contribution in [0.5, 0.6) is 0 Å². The third kappa shape index (κ3) is 1.08. The quantitative estimate of drug-likeness (QED) is 0.430. The zero-order valence-electron chi connectivity index (χ0n) is 6.39. The molecule has 1 atom stereocenters. The topological polar surface area (TPSA) is 70.2 Å². The Morgan fingerprint density at radius 1 is 1.33 bits per heavy atom. The number of nitrogens with one attached hydrogen (secondary N) is 3. The normalized spacial score (nSPS) is 28.3. The molecule has 0 bridgehead atoms. The minimum atomic E-state index is -0.426. The highest BCUT2D eigenvalue weighted by Crippen LogP contribution is 2.13. The van der Waals surface area contributed by atoms with Crippen molar-refractivity contribution in [2.24, 2.45) is 5.92 Å². The Kier molecular flexibility index (Phi) is 1.58. The van der Waals surface area contributed by atoms with E-state index in [-0.39, 0.29) is 11.8 Å². The Morgan fingerprint density at radius 3 is 3.00 bits per heavy atom. The molecular weight excluding hydrogens is 158 g/mol. The summed E-state index contributed by atoms with van der Waals surface area (Å²) in [7, 11) is 0. The van der Waals surface area contributed by atoms with Crippen LogP contribution in [0, 0.1) is 5.92 Å². The van der Waals surface area contributed by atoms with E-state index in [0.717, 1.165) is 5.70 Å². The van der Waals surface area contributed by atoms with Crippen molar-refractivity contribution in [3.8, 4) is 0 Å². The molecular formula is C7H9N3O2. The van der Waals surface area contributed by atoms with Crippen LogP contribution in [0.25, 0.3) is 0 Å². The summed E-state index contributed by atoms with van der Waals surface area (Å²) in [6.45, 7) is 1.30. The summed E-state index contributed by atoms with van der Waals surface area (Å²) in [6.07, 6.45) is 1.82. The van der Waals surface area contributed by atoms with Gasteiger partial charge in [0.2, 0.25) is 5.91 Å². The van der Waals surface area contributed by atoms with Crippen molar-refractivity contribution in [1.82, 2.24) is 16.0 Å². The van der Waals surface area contributed by atoms with Gasteiger partial charge in [0, 0.05) is 18.8 Å². The van der Waals surface area contributed by atoms with Gasteiger partial charge in [-0.25, -0.2) is 4.79 Å². The predicted octanol–water partition coefficient (Wildman–Crippen LogP) is -1.07. The summed E-state index contributed by atoms with van der Waals surface area (Å²) >= 11 is 0. The number of carbonyl (C=O) groups excluding carboxylic acids is 2. The van der Waals surface area contributed by atoms with E-state index in [1.807, 2.05) is 6.08 Å². The molecule has 3 amide bonds. The van der Waals surface area contributed by atoms with Gasteiger partial charge >= 0.3 is 6.03 Å². The average Bonchev–Trinajstić information content (AvgIpc) is 2.04. The van der Waals surface area contributed by atoms with Crippen LogP contribution in [-0.2, 0) is 4.79 Å². The Hall–Kier alpha value is -1.36. The lowest BCUT2D eigenvalue weighted by Crippen LogP contribution is -2.54. The highest BCUT2D eigenvalue weighted by atomic mass is 16.2. The smallest absolute Gasteiger partial charge is 0.312 e. The molecule has 0 radical (unpaired) electrons. The number of urea groups is 1. The van der Waals surface area contributed by atoms with E-state index >= 15 is 0 Å². The third-order valence-corrected chi connectivity index (χ3v) is 2.00. The fraction of sp³-hybridized carbons (Fsp3) is 0.429. The van der Waals surface area contributed by atoms with E-state index < -0.39 is 6.03 Å². The van der Waals surface area contributed by atoms with E-state index in [4.69, 9.17) is 0 Å². The van der Waals surface area contributed by atoms with Gasteiger partial charge in [0.05, 0.1) is 5.92 Å². The molecule has 12 heavy (non-hydrogen) atoms. The Morgan fingerprint density at radius 2 is 2.17 bits per heavy atom. The molecule has 0 spiro atoms. The zero-order chi connectivity index (χ0) is 8.55. The molecule has 2 heterocycles. The lowest BCUT2D eigenvalue weighted by Gasteiger charge is -2.28. The highest BCUT2D eigenvalue weighted by molar-refractivity contribution is 6.00. The van der Waals surface area contributed by atoms with Crippen LogP contribution in [0.15, 0.2) is 11.8 Å². The van der Waals surface area contributed by atoms with Crippen LogP contribution in [0.1, 0.15) is 0 Å². The van der Waals surface area contributed by atoms with Gasteiger partial charge in [-0.3, -0.25) is 10.1 Å². The largest absolute Gasteiger partial charge is 0.325 e. The molecule has 0 aromatic heterocycles. The van der Waals surface area contributed by atoms with E-state index in [1.54, 1.807) is 0 Å². The van der Waals surface area contributed by atoms with Crippen LogP contribution in [-0.4, -0.2) is 25.0 Å². The van der Waals surface area contributed by atoms with Crippen LogP contribution < -0.4 is 16.0 Å². The lowest BCUT2D eigenvalue weighted by atomic mass is 10.00. The van der Waals surface area contributed by atoms with Gasteiger partial charge in [0.15, 0.2) is 0 Å². The second kappa shape index (κ2) is 2.60. The van der Waals surface area contributed by atoms with E-state index in [1.165, 1.54) is 0 Å². The number of hydrogen-bond donors (Lipinski definition) is 3. The molecule has 1 fully saturated rings. The first-order valence-corrected chi connectivity index (χ1v) is 3.80. The van der Waals surface area contributed by atoms with E-state index in [9.17, 15) is 9.59 Å². The second-order valence-corrected chi connectivity index (χ2v) is 2.81. The van der Waals surface area contributed by atoms with Crippen LogP contribution in [0.3, 0.4) is 0 Å². The summed E-state index contributed by atoms with van der Waals surface area (Å²) in [4.78, 5) is 22.0. The number of amides is 3. The standard InChI is InChI=1S/C7H9N3O2/c11-6-4-3-8-2-1-5(4)9-7(12)10-6/h1,4,8H,2-3H2,(H2,9,10,11,12)/t4-/m0/s1. The van der Waals surface area contributed by atoms with Crippen molar-refractivity contribution in [2.45, 2.75) is 0 Å². The van der Waals surface area contributed by atoms with Crippen molar-refractivity contribution < 1.29 is 9.59 Å². The van der Waals surface area contributed by atoms with E-state index in [2.05, 4.69) is 16.0 Å². The molecule has 2 aliphatic heterocycles.